The molecular weight excluding hydrogens is 292 g/mol. The molecular formula is C19H36O4. The zero-order valence-electron chi connectivity index (χ0n) is 15.3. The predicted molar refractivity (Wildman–Crippen MR) is 93.6 cm³/mol. The smallest absolute Gasteiger partial charge is 0.321 e. The van der Waals surface area contributed by atoms with Crippen molar-refractivity contribution in [2.24, 2.45) is 11.3 Å². The van der Waals surface area contributed by atoms with E-state index in [-0.39, 0.29) is 12.3 Å². The molecule has 0 saturated heterocycles. The minimum Gasteiger partial charge on any atom is -0.480 e. The van der Waals surface area contributed by atoms with E-state index in [9.17, 15) is 19.8 Å². The molecule has 1 unspecified atom stereocenters. The average molecular weight is 328 g/mol. The summed E-state index contributed by atoms with van der Waals surface area (Å²) in [7, 11) is 0. The van der Waals surface area contributed by atoms with Crippen LogP contribution in [0.25, 0.3) is 0 Å². The van der Waals surface area contributed by atoms with Crippen molar-refractivity contribution >= 4 is 11.9 Å². The van der Waals surface area contributed by atoms with Gasteiger partial charge in [-0.3, -0.25) is 9.59 Å². The van der Waals surface area contributed by atoms with Crippen LogP contribution in [0.15, 0.2) is 0 Å². The summed E-state index contributed by atoms with van der Waals surface area (Å²) >= 11 is 0. The van der Waals surface area contributed by atoms with E-state index in [0.717, 1.165) is 12.8 Å². The van der Waals surface area contributed by atoms with Gasteiger partial charge in [0.15, 0.2) is 5.41 Å². The molecule has 0 spiro atoms. The Morgan fingerprint density at radius 1 is 0.783 bits per heavy atom. The van der Waals surface area contributed by atoms with Crippen molar-refractivity contribution in [1.82, 2.24) is 0 Å². The molecule has 2 N–H and O–H groups in total. The van der Waals surface area contributed by atoms with Crippen LogP contribution in [-0.2, 0) is 9.59 Å². The van der Waals surface area contributed by atoms with Gasteiger partial charge in [0.05, 0.1) is 0 Å². The lowest BCUT2D eigenvalue weighted by atomic mass is 9.70. The molecule has 0 aromatic carbocycles. The quantitative estimate of drug-likeness (QED) is 0.307. The second kappa shape index (κ2) is 12.4. The third-order valence-corrected chi connectivity index (χ3v) is 5.17. The van der Waals surface area contributed by atoms with Crippen LogP contribution < -0.4 is 0 Å². The molecule has 0 amide bonds. The summed E-state index contributed by atoms with van der Waals surface area (Å²) in [6, 6.07) is 0. The fourth-order valence-electron chi connectivity index (χ4n) is 3.53. The van der Waals surface area contributed by atoms with E-state index in [1.165, 1.54) is 44.9 Å². The number of carboxylic acids is 2. The average Bonchev–Trinajstić information content (AvgIpc) is 2.51. The van der Waals surface area contributed by atoms with E-state index in [0.29, 0.717) is 12.8 Å². The first-order chi connectivity index (χ1) is 11.0. The van der Waals surface area contributed by atoms with Crippen LogP contribution in [0.5, 0.6) is 0 Å². The van der Waals surface area contributed by atoms with Crippen LogP contribution in [0.1, 0.15) is 97.8 Å². The van der Waals surface area contributed by atoms with Crippen LogP contribution >= 0.6 is 0 Å². The van der Waals surface area contributed by atoms with Crippen molar-refractivity contribution in [3.05, 3.63) is 0 Å². The Morgan fingerprint density at radius 2 is 1.22 bits per heavy atom. The van der Waals surface area contributed by atoms with Crippen molar-refractivity contribution in [2.75, 3.05) is 0 Å². The minimum atomic E-state index is -1.62. The molecule has 0 bridgehead atoms. The molecule has 4 nitrogen and oxygen atoms in total. The second-order valence-corrected chi connectivity index (χ2v) is 6.66. The van der Waals surface area contributed by atoms with Crippen molar-refractivity contribution in [3.8, 4) is 0 Å². The van der Waals surface area contributed by atoms with Crippen LogP contribution in [0.4, 0.5) is 0 Å². The number of hydrogen-bond donors (Lipinski definition) is 2. The highest BCUT2D eigenvalue weighted by Crippen LogP contribution is 2.38. The molecule has 136 valence electrons. The van der Waals surface area contributed by atoms with Crippen molar-refractivity contribution < 1.29 is 19.8 Å². The van der Waals surface area contributed by atoms with Gasteiger partial charge in [0.2, 0.25) is 0 Å². The van der Waals surface area contributed by atoms with Gasteiger partial charge < -0.3 is 10.2 Å². The van der Waals surface area contributed by atoms with Gasteiger partial charge in [-0.2, -0.15) is 0 Å². The van der Waals surface area contributed by atoms with Crippen LogP contribution in [0.2, 0.25) is 0 Å². The first kappa shape index (κ1) is 21.9. The Balaban J connectivity index is 4.19. The maximum absolute atomic E-state index is 11.6. The van der Waals surface area contributed by atoms with E-state index in [1.807, 2.05) is 6.92 Å². The molecule has 1 atom stereocenters. The largest absolute Gasteiger partial charge is 0.480 e. The highest BCUT2D eigenvalue weighted by molar-refractivity contribution is 5.98. The van der Waals surface area contributed by atoms with Gasteiger partial charge in [-0.05, 0) is 18.8 Å². The number of hydrogen-bond acceptors (Lipinski definition) is 2. The van der Waals surface area contributed by atoms with Gasteiger partial charge in [0.1, 0.15) is 0 Å². The lowest BCUT2D eigenvalue weighted by Gasteiger charge is -2.32. The Morgan fingerprint density at radius 3 is 1.57 bits per heavy atom. The number of carboxylic acid groups (broad SMARTS) is 2. The number of aliphatic carboxylic acids is 2. The second-order valence-electron chi connectivity index (χ2n) is 6.66. The molecule has 4 heteroatoms. The zero-order chi connectivity index (χ0) is 17.7. The zero-order valence-corrected chi connectivity index (χ0v) is 15.3. The van der Waals surface area contributed by atoms with Crippen molar-refractivity contribution in [2.45, 2.75) is 97.8 Å². The Bertz CT molecular complexity index is 324. The number of unbranched alkanes of at least 4 members (excludes halogenated alkanes) is 8. The minimum absolute atomic E-state index is 0.146. The van der Waals surface area contributed by atoms with Gasteiger partial charge in [-0.15, -0.1) is 0 Å². The number of carbonyl (C=O) groups is 2. The van der Waals surface area contributed by atoms with E-state index in [4.69, 9.17) is 0 Å². The molecule has 0 rings (SSSR count). The fourth-order valence-corrected chi connectivity index (χ4v) is 3.53. The molecule has 0 aromatic rings. The number of rotatable bonds is 15. The standard InChI is InChI=1S/C19H36O4/c1-4-7-8-9-10-11-12-13-14-15-16(5-2)19(6-3,17(20)21)18(22)23/h16H,4-15H2,1-3H3,(H,20,21)(H,22,23). The third-order valence-electron chi connectivity index (χ3n) is 5.17. The molecule has 0 aliphatic rings. The maximum Gasteiger partial charge on any atom is 0.321 e. The van der Waals surface area contributed by atoms with Crippen LogP contribution in [0.3, 0.4) is 0 Å². The summed E-state index contributed by atoms with van der Waals surface area (Å²) in [5.41, 5.74) is -1.62. The summed E-state index contributed by atoms with van der Waals surface area (Å²) in [6.45, 7) is 5.78. The maximum atomic E-state index is 11.6. The summed E-state index contributed by atoms with van der Waals surface area (Å²) < 4.78 is 0. The summed E-state index contributed by atoms with van der Waals surface area (Å²) in [6.07, 6.45) is 12.3. The first-order valence-corrected chi connectivity index (χ1v) is 9.44. The van der Waals surface area contributed by atoms with Crippen LogP contribution in [-0.4, -0.2) is 22.2 Å². The third kappa shape index (κ3) is 6.92. The van der Waals surface area contributed by atoms with Gasteiger partial charge >= 0.3 is 11.9 Å². The lowest BCUT2D eigenvalue weighted by molar-refractivity contribution is -0.170. The lowest BCUT2D eigenvalue weighted by Crippen LogP contribution is -2.45. The van der Waals surface area contributed by atoms with E-state index < -0.39 is 17.4 Å². The van der Waals surface area contributed by atoms with Crippen LogP contribution in [0, 0.1) is 11.3 Å². The monoisotopic (exact) mass is 328 g/mol. The van der Waals surface area contributed by atoms with Crippen molar-refractivity contribution in [1.29, 1.82) is 0 Å². The molecule has 0 saturated carbocycles. The van der Waals surface area contributed by atoms with E-state index in [1.54, 1.807) is 6.92 Å². The van der Waals surface area contributed by atoms with Gasteiger partial charge in [-0.1, -0.05) is 85.0 Å². The van der Waals surface area contributed by atoms with Gasteiger partial charge in [-0.25, -0.2) is 0 Å². The highest BCUT2D eigenvalue weighted by atomic mass is 16.4. The molecule has 0 heterocycles. The molecule has 0 radical (unpaired) electrons. The Hall–Kier alpha value is -1.06. The van der Waals surface area contributed by atoms with Gasteiger partial charge in [0, 0.05) is 0 Å². The molecule has 0 aromatic heterocycles. The molecule has 23 heavy (non-hydrogen) atoms. The SMILES string of the molecule is CCCCCCCCCCCC(CC)C(CC)(C(=O)O)C(=O)O. The molecule has 0 aliphatic heterocycles. The van der Waals surface area contributed by atoms with E-state index in [2.05, 4.69) is 6.92 Å². The highest BCUT2D eigenvalue weighted by Gasteiger charge is 2.50. The van der Waals surface area contributed by atoms with Crippen molar-refractivity contribution in [3.63, 3.8) is 0 Å². The fraction of sp³-hybridized carbons (Fsp3) is 0.895. The summed E-state index contributed by atoms with van der Waals surface area (Å²) in [5.74, 6) is -2.65. The molecule has 0 fully saturated rings. The van der Waals surface area contributed by atoms with Gasteiger partial charge in [0.25, 0.3) is 0 Å². The normalized spacial score (nSPS) is 13.0. The Kier molecular flexibility index (Phi) is 11.8. The Labute approximate surface area is 141 Å². The predicted octanol–water partition coefficient (Wildman–Crippen LogP) is 5.50. The topological polar surface area (TPSA) is 74.6 Å². The van der Waals surface area contributed by atoms with E-state index >= 15 is 0 Å². The summed E-state index contributed by atoms with van der Waals surface area (Å²) in [4.78, 5) is 23.1. The first-order valence-electron chi connectivity index (χ1n) is 9.44. The summed E-state index contributed by atoms with van der Waals surface area (Å²) in [5, 5.41) is 18.9. The molecule has 0 aliphatic carbocycles.